The highest BCUT2D eigenvalue weighted by Crippen LogP contribution is 2.38. The minimum absolute atomic E-state index is 0.0966. The van der Waals surface area contributed by atoms with Crippen LogP contribution < -0.4 is 0 Å². The second kappa shape index (κ2) is 9.83. The molecule has 5 atom stereocenters. The molecule has 0 radical (unpaired) electrons. The van der Waals surface area contributed by atoms with Gasteiger partial charge in [-0.25, -0.2) is 0 Å². The molecule has 0 saturated heterocycles. The van der Waals surface area contributed by atoms with E-state index in [-0.39, 0.29) is 18.4 Å². The van der Waals surface area contributed by atoms with Crippen molar-refractivity contribution < 1.29 is 20.1 Å². The molecule has 0 amide bonds. The second-order valence-electron chi connectivity index (χ2n) is 8.27. The van der Waals surface area contributed by atoms with Crippen molar-refractivity contribution in [3.8, 4) is 0 Å². The molecule has 0 fully saturated rings. The Morgan fingerprint density at radius 2 is 1.85 bits per heavy atom. The van der Waals surface area contributed by atoms with Crippen molar-refractivity contribution in [2.24, 2.45) is 11.8 Å². The highest BCUT2D eigenvalue weighted by Gasteiger charge is 2.40. The summed E-state index contributed by atoms with van der Waals surface area (Å²) in [6, 6.07) is 8.65. The molecule has 1 aliphatic carbocycles. The lowest BCUT2D eigenvalue weighted by atomic mass is 9.69. The van der Waals surface area contributed by atoms with E-state index in [1.807, 2.05) is 6.92 Å². The van der Waals surface area contributed by atoms with E-state index in [9.17, 15) is 15.3 Å². The second-order valence-corrected chi connectivity index (χ2v) is 8.27. The van der Waals surface area contributed by atoms with Gasteiger partial charge in [-0.05, 0) is 74.5 Å². The van der Waals surface area contributed by atoms with Crippen molar-refractivity contribution in [3.63, 3.8) is 0 Å². The number of hydrogen-bond acceptors (Lipinski definition) is 4. The molecule has 1 aromatic carbocycles. The third kappa shape index (κ3) is 5.89. The molecule has 0 heterocycles. The van der Waals surface area contributed by atoms with Gasteiger partial charge in [0.05, 0.1) is 24.4 Å². The average Bonchev–Trinajstić information content (AvgIpc) is 2.66. The van der Waals surface area contributed by atoms with Gasteiger partial charge >= 0.3 is 0 Å². The average molecular weight is 377 g/mol. The van der Waals surface area contributed by atoms with Crippen LogP contribution in [0.5, 0.6) is 0 Å². The third-order valence-corrected chi connectivity index (χ3v) is 6.15. The lowest BCUT2D eigenvalue weighted by Crippen LogP contribution is -2.46. The lowest BCUT2D eigenvalue weighted by molar-refractivity contribution is -0.0755. The Hall–Kier alpha value is -1.20. The normalized spacial score (nSPS) is 26.3. The van der Waals surface area contributed by atoms with Crippen LogP contribution in [0, 0.1) is 11.8 Å². The number of hydrogen-bond donors (Lipinski definition) is 3. The van der Waals surface area contributed by atoms with Crippen LogP contribution >= 0.6 is 0 Å². The van der Waals surface area contributed by atoms with E-state index in [0.717, 1.165) is 31.3 Å². The molecule has 4 nitrogen and oxygen atoms in total. The molecular formula is C23H36O4. The van der Waals surface area contributed by atoms with Gasteiger partial charge in [0.25, 0.3) is 0 Å². The van der Waals surface area contributed by atoms with Crippen molar-refractivity contribution in [1.82, 2.24) is 0 Å². The molecule has 0 saturated carbocycles. The standard InChI is InChI=1S/C23H36O4/c1-5-20(27-4)11-10-17-6-8-18(9-7-17)13-19-12-16(2)22(25)14-21(19)23(3,26)15-24/h6-9,12,19-22,24-26H,5,10-11,13-15H2,1-4H3. The highest BCUT2D eigenvalue weighted by atomic mass is 16.5. The van der Waals surface area contributed by atoms with Crippen molar-refractivity contribution in [2.75, 3.05) is 13.7 Å². The van der Waals surface area contributed by atoms with E-state index in [2.05, 4.69) is 37.3 Å². The highest BCUT2D eigenvalue weighted by molar-refractivity contribution is 5.25. The van der Waals surface area contributed by atoms with Gasteiger partial charge in [-0.15, -0.1) is 0 Å². The Morgan fingerprint density at radius 3 is 2.41 bits per heavy atom. The molecule has 152 valence electrons. The first-order valence-corrected chi connectivity index (χ1v) is 10.1. The van der Waals surface area contributed by atoms with Gasteiger partial charge < -0.3 is 20.1 Å². The van der Waals surface area contributed by atoms with Crippen LogP contribution in [0.1, 0.15) is 51.2 Å². The Morgan fingerprint density at radius 1 is 1.22 bits per heavy atom. The molecule has 27 heavy (non-hydrogen) atoms. The summed E-state index contributed by atoms with van der Waals surface area (Å²) in [7, 11) is 1.77. The molecular weight excluding hydrogens is 340 g/mol. The summed E-state index contributed by atoms with van der Waals surface area (Å²) in [5, 5.41) is 30.4. The number of allylic oxidation sites excluding steroid dienone is 1. The predicted octanol–water partition coefficient (Wildman–Crippen LogP) is 3.27. The van der Waals surface area contributed by atoms with Crippen molar-refractivity contribution >= 4 is 0 Å². The Labute approximate surface area is 163 Å². The monoisotopic (exact) mass is 376 g/mol. The zero-order valence-electron chi connectivity index (χ0n) is 17.2. The zero-order chi connectivity index (χ0) is 20.0. The molecule has 1 aliphatic rings. The SMILES string of the molecule is CCC(CCc1ccc(CC2C=C(C)C(O)CC2C(C)(O)CO)cc1)OC. The Kier molecular flexibility index (Phi) is 8.04. The molecule has 0 aliphatic heterocycles. The molecule has 2 rings (SSSR count). The van der Waals surface area contributed by atoms with Crippen LogP contribution in [0.15, 0.2) is 35.9 Å². The van der Waals surface area contributed by atoms with Gasteiger partial charge in [-0.3, -0.25) is 0 Å². The number of rotatable bonds is 9. The molecule has 0 spiro atoms. The fourth-order valence-electron chi connectivity index (χ4n) is 4.13. The maximum Gasteiger partial charge on any atom is 0.0884 e. The predicted molar refractivity (Wildman–Crippen MR) is 109 cm³/mol. The third-order valence-electron chi connectivity index (χ3n) is 6.15. The first kappa shape index (κ1) is 22.1. The van der Waals surface area contributed by atoms with E-state index in [1.165, 1.54) is 11.1 Å². The zero-order valence-corrected chi connectivity index (χ0v) is 17.2. The quantitative estimate of drug-likeness (QED) is 0.579. The summed E-state index contributed by atoms with van der Waals surface area (Å²) in [5.74, 6) is -0.0766. The van der Waals surface area contributed by atoms with Crippen LogP contribution in [0.2, 0.25) is 0 Å². The molecule has 1 aromatic rings. The largest absolute Gasteiger partial charge is 0.393 e. The minimum Gasteiger partial charge on any atom is -0.393 e. The summed E-state index contributed by atoms with van der Waals surface area (Å²) in [6.07, 6.45) is 6.17. The number of aliphatic hydroxyl groups excluding tert-OH is 2. The summed E-state index contributed by atoms with van der Waals surface area (Å²) in [6.45, 7) is 5.44. The fourth-order valence-corrected chi connectivity index (χ4v) is 4.13. The van der Waals surface area contributed by atoms with Gasteiger partial charge in [0.15, 0.2) is 0 Å². The van der Waals surface area contributed by atoms with E-state index in [0.29, 0.717) is 12.5 Å². The summed E-state index contributed by atoms with van der Waals surface area (Å²) < 4.78 is 5.45. The maximum atomic E-state index is 10.6. The van der Waals surface area contributed by atoms with Crippen LogP contribution in [0.25, 0.3) is 0 Å². The van der Waals surface area contributed by atoms with Crippen LogP contribution in [-0.2, 0) is 17.6 Å². The van der Waals surface area contributed by atoms with Crippen LogP contribution in [-0.4, -0.2) is 46.8 Å². The van der Waals surface area contributed by atoms with E-state index in [4.69, 9.17) is 4.74 Å². The van der Waals surface area contributed by atoms with E-state index >= 15 is 0 Å². The molecule has 4 heteroatoms. The van der Waals surface area contributed by atoms with Gasteiger partial charge in [0.1, 0.15) is 0 Å². The topological polar surface area (TPSA) is 69.9 Å². The van der Waals surface area contributed by atoms with Crippen LogP contribution in [0.3, 0.4) is 0 Å². The lowest BCUT2D eigenvalue weighted by Gasteiger charge is -2.40. The van der Waals surface area contributed by atoms with E-state index in [1.54, 1.807) is 14.0 Å². The molecule has 3 N–H and O–H groups in total. The Bertz CT molecular complexity index is 601. The number of ether oxygens (including phenoxy) is 1. The van der Waals surface area contributed by atoms with Crippen molar-refractivity contribution in [2.45, 2.75) is 70.7 Å². The first-order valence-electron chi connectivity index (χ1n) is 10.1. The number of aliphatic hydroxyl groups is 3. The van der Waals surface area contributed by atoms with Gasteiger partial charge in [0.2, 0.25) is 0 Å². The molecule has 0 aromatic heterocycles. The first-order chi connectivity index (χ1) is 12.8. The smallest absolute Gasteiger partial charge is 0.0884 e. The van der Waals surface area contributed by atoms with Gasteiger partial charge in [0, 0.05) is 7.11 Å². The number of benzene rings is 1. The van der Waals surface area contributed by atoms with Crippen molar-refractivity contribution in [3.05, 3.63) is 47.0 Å². The maximum absolute atomic E-state index is 10.6. The summed E-state index contributed by atoms with van der Waals surface area (Å²) in [5.41, 5.74) is 2.27. The Balaban J connectivity index is 2.07. The van der Waals surface area contributed by atoms with Crippen molar-refractivity contribution in [1.29, 1.82) is 0 Å². The fraction of sp³-hybridized carbons (Fsp3) is 0.652. The summed E-state index contributed by atoms with van der Waals surface area (Å²) >= 11 is 0. The molecule has 0 bridgehead atoms. The van der Waals surface area contributed by atoms with Gasteiger partial charge in [-0.1, -0.05) is 37.3 Å². The number of methoxy groups -OCH3 is 1. The molecule has 5 unspecified atom stereocenters. The number of aryl methyl sites for hydroxylation is 1. The van der Waals surface area contributed by atoms with E-state index < -0.39 is 11.7 Å². The minimum atomic E-state index is -1.20. The van der Waals surface area contributed by atoms with Gasteiger partial charge in [-0.2, -0.15) is 0 Å². The summed E-state index contributed by atoms with van der Waals surface area (Å²) in [4.78, 5) is 0. The van der Waals surface area contributed by atoms with Crippen LogP contribution in [0.4, 0.5) is 0 Å².